The van der Waals surface area contributed by atoms with Gasteiger partial charge in [-0.3, -0.25) is 10.1 Å². The average Bonchev–Trinajstić information content (AvgIpc) is 2.41. The molecule has 124 valence electrons. The summed E-state index contributed by atoms with van der Waals surface area (Å²) in [5, 5.41) is 10.8. The highest BCUT2D eigenvalue weighted by Gasteiger charge is 2.27. The van der Waals surface area contributed by atoms with Gasteiger partial charge in [0.15, 0.2) is 5.82 Å². The Hall–Kier alpha value is -0.990. The first-order valence-electron chi connectivity index (χ1n) is 6.12. The van der Waals surface area contributed by atoms with Crippen LogP contribution in [0.15, 0.2) is 11.0 Å². The smallest absolute Gasteiger partial charge is 0.341 e. The molecule has 9 heteroatoms. The number of nitro benzene ring substituents is 1. The number of carbonyl (C=O) groups excluding carboxylic acids is 1. The van der Waals surface area contributed by atoms with Crippen LogP contribution in [0.5, 0.6) is 0 Å². The third-order valence-corrected chi connectivity index (χ3v) is 5.95. The summed E-state index contributed by atoms with van der Waals surface area (Å²) in [5.74, 6) is -0.565. The zero-order chi connectivity index (χ0) is 17.1. The molecule has 0 bridgehead atoms. The Morgan fingerprint density at radius 2 is 2.09 bits per heavy atom. The number of carbonyl (C=O) groups is 1. The number of rotatable bonds is 6. The summed E-state index contributed by atoms with van der Waals surface area (Å²) >= 11 is 7.02. The van der Waals surface area contributed by atoms with Gasteiger partial charge >= 0.3 is 5.97 Å². The monoisotopic (exact) mass is 369 g/mol. The Morgan fingerprint density at radius 1 is 1.50 bits per heavy atom. The lowest BCUT2D eigenvalue weighted by molar-refractivity contribution is -0.387. The summed E-state index contributed by atoms with van der Waals surface area (Å²) < 4.78 is 18.5. The Morgan fingerprint density at radius 3 is 2.55 bits per heavy atom. The Bertz CT molecular complexity index is 605. The molecule has 0 N–H and O–H groups in total. The number of benzene rings is 1. The summed E-state index contributed by atoms with van der Waals surface area (Å²) in [7, 11) is 0.288. The molecule has 5 nitrogen and oxygen atoms in total. The van der Waals surface area contributed by atoms with Gasteiger partial charge in [-0.05, 0) is 24.5 Å². The van der Waals surface area contributed by atoms with Crippen molar-refractivity contribution in [1.82, 2.24) is 0 Å². The largest absolute Gasteiger partial charge is 0.465 e. The molecular weight excluding hydrogens is 353 g/mol. The maximum Gasteiger partial charge on any atom is 0.341 e. The van der Waals surface area contributed by atoms with E-state index in [1.807, 2.05) is 0 Å². The predicted molar refractivity (Wildman–Crippen MR) is 90.4 cm³/mol. The summed E-state index contributed by atoms with van der Waals surface area (Å²) in [6.07, 6.45) is 6.35. The number of halogens is 2. The molecule has 0 aromatic heterocycles. The second-order valence-electron chi connectivity index (χ2n) is 5.29. The minimum absolute atomic E-state index is 0.0421. The highest BCUT2D eigenvalue weighted by atomic mass is 35.5. The third-order valence-electron chi connectivity index (χ3n) is 2.69. The minimum atomic E-state index is -1.00. The number of thioether (sulfide) groups is 1. The van der Waals surface area contributed by atoms with Gasteiger partial charge in [0, 0.05) is 11.8 Å². The van der Waals surface area contributed by atoms with E-state index >= 15 is 0 Å². The molecule has 0 radical (unpaired) electrons. The summed E-state index contributed by atoms with van der Waals surface area (Å²) in [6, 6.07) is 0.874. The van der Waals surface area contributed by atoms with Crippen LogP contribution in [0, 0.1) is 15.9 Å². The third kappa shape index (κ3) is 4.76. The van der Waals surface area contributed by atoms with Gasteiger partial charge in [-0.25, -0.2) is 19.2 Å². The van der Waals surface area contributed by atoms with E-state index in [0.717, 1.165) is 30.7 Å². The number of esters is 1. The molecule has 0 aliphatic carbocycles. The van der Waals surface area contributed by atoms with Crippen molar-refractivity contribution in [2.45, 2.75) is 4.90 Å². The summed E-state index contributed by atoms with van der Waals surface area (Å²) in [4.78, 5) is 22.0. The van der Waals surface area contributed by atoms with Gasteiger partial charge in [-0.15, -0.1) is 11.8 Å². The molecule has 1 aromatic carbocycles. The molecule has 1 rings (SSSR count). The van der Waals surface area contributed by atoms with Gasteiger partial charge < -0.3 is 4.74 Å². The van der Waals surface area contributed by atoms with Crippen molar-refractivity contribution in [3.63, 3.8) is 0 Å². The molecule has 0 aliphatic rings. The van der Waals surface area contributed by atoms with E-state index in [1.165, 1.54) is 0 Å². The molecule has 0 heterocycles. The lowest BCUT2D eigenvalue weighted by Crippen LogP contribution is -2.08. The molecule has 0 fully saturated rings. The number of ether oxygens (including phenoxy) is 1. The quantitative estimate of drug-likeness (QED) is 0.328. The van der Waals surface area contributed by atoms with Gasteiger partial charge in [-0.2, -0.15) is 0 Å². The van der Waals surface area contributed by atoms with Gasteiger partial charge in [0.05, 0.1) is 17.1 Å². The van der Waals surface area contributed by atoms with Crippen LogP contribution in [0.2, 0.25) is 5.02 Å². The van der Waals surface area contributed by atoms with Crippen molar-refractivity contribution in [3.05, 3.63) is 32.6 Å². The zero-order valence-corrected chi connectivity index (χ0v) is 15.0. The van der Waals surface area contributed by atoms with Crippen LogP contribution in [0.25, 0.3) is 0 Å². The van der Waals surface area contributed by atoms with Gasteiger partial charge in [0.1, 0.15) is 10.5 Å². The van der Waals surface area contributed by atoms with Crippen LogP contribution in [0.3, 0.4) is 0 Å². The van der Waals surface area contributed by atoms with Crippen LogP contribution in [-0.4, -0.2) is 48.3 Å². The Balaban J connectivity index is 3.24. The van der Waals surface area contributed by atoms with Crippen molar-refractivity contribution in [2.75, 3.05) is 37.4 Å². The van der Waals surface area contributed by atoms with Crippen molar-refractivity contribution in [3.8, 4) is 0 Å². The fourth-order valence-corrected chi connectivity index (χ4v) is 4.92. The fourth-order valence-electron chi connectivity index (χ4n) is 1.52. The minimum Gasteiger partial charge on any atom is -0.465 e. The number of nitro groups is 1. The second kappa shape index (κ2) is 7.52. The fraction of sp³-hybridized carbons (Fsp3) is 0.462. The topological polar surface area (TPSA) is 69.4 Å². The molecule has 0 aliphatic heterocycles. The normalized spacial score (nSPS) is 12.1. The first-order valence-corrected chi connectivity index (χ1v) is 10.5. The lowest BCUT2D eigenvalue weighted by atomic mass is 10.2. The van der Waals surface area contributed by atoms with Crippen molar-refractivity contribution < 1.29 is 18.8 Å². The van der Waals surface area contributed by atoms with Gasteiger partial charge in [0.2, 0.25) is 0 Å². The first-order chi connectivity index (χ1) is 10.1. The first kappa shape index (κ1) is 19.1. The van der Waals surface area contributed by atoms with Crippen molar-refractivity contribution in [1.29, 1.82) is 0 Å². The number of methoxy groups -OCH3 is 1. The average molecular weight is 370 g/mol. The maximum atomic E-state index is 14.1. The van der Waals surface area contributed by atoms with E-state index in [0.29, 0.717) is 5.75 Å². The van der Waals surface area contributed by atoms with E-state index in [9.17, 15) is 19.3 Å². The van der Waals surface area contributed by atoms with Gasteiger partial charge in [0.25, 0.3) is 5.69 Å². The molecule has 0 amide bonds. The maximum absolute atomic E-state index is 14.1. The summed E-state index contributed by atoms with van der Waals surface area (Å²) in [5.41, 5.74) is -0.925. The highest BCUT2D eigenvalue weighted by Crippen LogP contribution is 2.42. The highest BCUT2D eigenvalue weighted by molar-refractivity contribution is 8.32. The standard InChI is InChI=1S/C13H17ClFNO4S2/c1-20-13(17)8-7-9(16(18)19)12(10(14)11(8)15)21-5-6-22(2,3)4/h7H,5-6H2,1-4H3. The van der Waals surface area contributed by atoms with Crippen molar-refractivity contribution >= 4 is 45.0 Å². The molecule has 0 atom stereocenters. The van der Waals surface area contributed by atoms with Crippen LogP contribution in [-0.2, 0) is 4.74 Å². The lowest BCUT2D eigenvalue weighted by Gasteiger charge is -2.24. The number of hydrogen-bond acceptors (Lipinski definition) is 5. The van der Waals surface area contributed by atoms with E-state index in [4.69, 9.17) is 11.6 Å². The number of hydrogen-bond donors (Lipinski definition) is 0. The number of nitrogens with zero attached hydrogens (tertiary/aromatic N) is 1. The predicted octanol–water partition coefficient (Wildman–Crippen LogP) is 3.96. The SMILES string of the molecule is COC(=O)c1cc([N+](=O)[O-])c(SCCS(C)(C)C)c(Cl)c1F. The van der Waals surface area contributed by atoms with Crippen LogP contribution in [0.4, 0.5) is 10.1 Å². The Kier molecular flexibility index (Phi) is 6.51. The van der Waals surface area contributed by atoms with Crippen LogP contribution < -0.4 is 0 Å². The van der Waals surface area contributed by atoms with E-state index < -0.39 is 37.3 Å². The zero-order valence-electron chi connectivity index (χ0n) is 12.6. The van der Waals surface area contributed by atoms with Gasteiger partial charge in [-0.1, -0.05) is 11.6 Å². The molecule has 22 heavy (non-hydrogen) atoms. The molecule has 0 saturated heterocycles. The second-order valence-corrected chi connectivity index (χ2v) is 11.4. The van der Waals surface area contributed by atoms with Crippen molar-refractivity contribution in [2.24, 2.45) is 0 Å². The molecule has 1 aromatic rings. The van der Waals surface area contributed by atoms with Crippen LogP contribution >= 0.6 is 33.4 Å². The molecular formula is C13H17ClFNO4S2. The molecule has 0 saturated carbocycles. The Labute approximate surface area is 139 Å². The van der Waals surface area contributed by atoms with E-state index in [2.05, 4.69) is 23.5 Å². The van der Waals surface area contributed by atoms with E-state index in [1.54, 1.807) is 0 Å². The van der Waals surface area contributed by atoms with E-state index in [-0.39, 0.29) is 10.6 Å². The molecule has 0 unspecified atom stereocenters. The summed E-state index contributed by atoms with van der Waals surface area (Å²) in [6.45, 7) is 0. The van der Waals surface area contributed by atoms with Crippen LogP contribution in [0.1, 0.15) is 10.4 Å². The molecule has 0 spiro atoms.